The third-order valence-electron chi connectivity index (χ3n) is 2.90. The third-order valence-corrected chi connectivity index (χ3v) is 4.71. The van der Waals surface area contributed by atoms with Gasteiger partial charge < -0.3 is 10.0 Å². The van der Waals surface area contributed by atoms with Crippen LogP contribution in [0.25, 0.3) is 0 Å². The molecule has 2 atom stereocenters. The summed E-state index contributed by atoms with van der Waals surface area (Å²) >= 11 is 4.20. The zero-order valence-corrected chi connectivity index (χ0v) is 12.7. The standard InChI is InChI=1S/C12H9BrF3NO3S/c13-7-3-1-2-6(4-7)9-17(11(20)12(14,15)16)8(5-21-9)10(18)19/h1-4,8-9H,5H2,(H,18,19). The SMILES string of the molecule is O=C(O)C1CSC(c2cccc(Br)c2)N1C(=O)C(F)(F)F. The summed E-state index contributed by atoms with van der Waals surface area (Å²) in [6.45, 7) is 0. The lowest BCUT2D eigenvalue weighted by molar-refractivity contribution is -0.189. The summed E-state index contributed by atoms with van der Waals surface area (Å²) in [4.78, 5) is 23.1. The molecule has 1 aliphatic rings. The Hall–Kier alpha value is -1.22. The molecular weight excluding hydrogens is 375 g/mol. The molecule has 0 saturated carbocycles. The number of carbonyl (C=O) groups is 2. The predicted molar refractivity (Wildman–Crippen MR) is 73.7 cm³/mol. The third kappa shape index (κ3) is 3.34. The van der Waals surface area contributed by atoms with Crippen molar-refractivity contribution in [1.29, 1.82) is 0 Å². The zero-order valence-electron chi connectivity index (χ0n) is 10.3. The van der Waals surface area contributed by atoms with Crippen LogP contribution < -0.4 is 0 Å². The Bertz CT molecular complexity index is 581. The molecule has 9 heteroatoms. The lowest BCUT2D eigenvalue weighted by Crippen LogP contribution is -2.48. The highest BCUT2D eigenvalue weighted by molar-refractivity contribution is 9.10. The molecule has 4 nitrogen and oxygen atoms in total. The molecule has 2 unspecified atom stereocenters. The van der Waals surface area contributed by atoms with E-state index in [9.17, 15) is 22.8 Å². The average Bonchev–Trinajstić information content (AvgIpc) is 2.81. The van der Waals surface area contributed by atoms with Crippen LogP contribution >= 0.6 is 27.7 Å². The lowest BCUT2D eigenvalue weighted by Gasteiger charge is -2.28. The number of carbonyl (C=O) groups excluding carboxylic acids is 1. The van der Waals surface area contributed by atoms with Crippen LogP contribution in [0, 0.1) is 0 Å². The summed E-state index contributed by atoms with van der Waals surface area (Å²) in [7, 11) is 0. The Morgan fingerprint density at radius 2 is 2.05 bits per heavy atom. The van der Waals surface area contributed by atoms with Crippen LogP contribution in [0.3, 0.4) is 0 Å². The first-order chi connectivity index (χ1) is 9.71. The number of aliphatic carboxylic acids is 1. The molecule has 0 bridgehead atoms. The van der Waals surface area contributed by atoms with Gasteiger partial charge in [0.05, 0.1) is 0 Å². The fourth-order valence-corrected chi connectivity index (χ4v) is 3.84. The molecule has 0 radical (unpaired) electrons. The summed E-state index contributed by atoms with van der Waals surface area (Å²) < 4.78 is 38.7. The van der Waals surface area contributed by atoms with Crippen LogP contribution in [-0.4, -0.2) is 39.9 Å². The van der Waals surface area contributed by atoms with Crippen LogP contribution in [0.15, 0.2) is 28.7 Å². The lowest BCUT2D eigenvalue weighted by atomic mass is 10.1. The van der Waals surface area contributed by atoms with E-state index in [2.05, 4.69) is 15.9 Å². The average molecular weight is 384 g/mol. The van der Waals surface area contributed by atoms with Gasteiger partial charge in [0.1, 0.15) is 11.4 Å². The minimum atomic E-state index is -5.11. The molecule has 114 valence electrons. The van der Waals surface area contributed by atoms with Crippen molar-refractivity contribution in [3.05, 3.63) is 34.3 Å². The normalized spacial score (nSPS) is 22.4. The number of thioether (sulfide) groups is 1. The Kier molecular flexibility index (Phi) is 4.52. The van der Waals surface area contributed by atoms with Gasteiger partial charge in [0.25, 0.3) is 0 Å². The summed E-state index contributed by atoms with van der Waals surface area (Å²) in [5.74, 6) is -3.67. The van der Waals surface area contributed by atoms with Crippen molar-refractivity contribution in [2.75, 3.05) is 5.75 Å². The van der Waals surface area contributed by atoms with Crippen molar-refractivity contribution >= 4 is 39.6 Å². The Morgan fingerprint density at radius 1 is 1.38 bits per heavy atom. The van der Waals surface area contributed by atoms with Gasteiger partial charge in [0.2, 0.25) is 0 Å². The van der Waals surface area contributed by atoms with Crippen molar-refractivity contribution in [1.82, 2.24) is 4.90 Å². The van der Waals surface area contributed by atoms with E-state index in [4.69, 9.17) is 5.11 Å². The molecule has 0 aromatic heterocycles. The highest BCUT2D eigenvalue weighted by atomic mass is 79.9. The first-order valence-electron chi connectivity index (χ1n) is 5.71. The van der Waals surface area contributed by atoms with Crippen molar-refractivity contribution in [3.8, 4) is 0 Å². The Labute approximate surface area is 130 Å². The fraction of sp³-hybridized carbons (Fsp3) is 0.333. The molecule has 1 fully saturated rings. The van der Waals surface area contributed by atoms with Gasteiger partial charge in [-0.15, -0.1) is 11.8 Å². The van der Waals surface area contributed by atoms with E-state index >= 15 is 0 Å². The maximum Gasteiger partial charge on any atom is 0.471 e. The van der Waals surface area contributed by atoms with Crippen molar-refractivity contribution in [2.45, 2.75) is 17.6 Å². The second kappa shape index (κ2) is 5.88. The fourth-order valence-electron chi connectivity index (χ4n) is 2.01. The number of halogens is 4. The van der Waals surface area contributed by atoms with Crippen LogP contribution in [0.5, 0.6) is 0 Å². The van der Waals surface area contributed by atoms with Crippen molar-refractivity contribution in [2.24, 2.45) is 0 Å². The smallest absolute Gasteiger partial charge is 0.471 e. The van der Waals surface area contributed by atoms with E-state index < -0.39 is 29.5 Å². The minimum Gasteiger partial charge on any atom is -0.480 e. The number of hydrogen-bond donors (Lipinski definition) is 1. The van der Waals surface area contributed by atoms with Crippen LogP contribution in [0.2, 0.25) is 0 Å². The van der Waals surface area contributed by atoms with Gasteiger partial charge in [-0.1, -0.05) is 28.1 Å². The molecule has 21 heavy (non-hydrogen) atoms. The number of rotatable bonds is 2. The quantitative estimate of drug-likeness (QED) is 0.852. The Morgan fingerprint density at radius 3 is 2.57 bits per heavy atom. The monoisotopic (exact) mass is 383 g/mol. The first-order valence-corrected chi connectivity index (χ1v) is 7.55. The van der Waals surface area contributed by atoms with Crippen molar-refractivity contribution in [3.63, 3.8) is 0 Å². The van der Waals surface area contributed by atoms with E-state index in [1.807, 2.05) is 0 Å². The molecule has 1 aromatic rings. The highest BCUT2D eigenvalue weighted by Gasteiger charge is 2.52. The molecule has 1 aliphatic heterocycles. The topological polar surface area (TPSA) is 57.6 Å². The summed E-state index contributed by atoms with van der Waals surface area (Å²) in [5, 5.41) is 8.06. The number of nitrogens with zero attached hydrogens (tertiary/aromatic N) is 1. The molecule has 1 heterocycles. The Balaban J connectivity index is 2.41. The van der Waals surface area contributed by atoms with E-state index in [-0.39, 0.29) is 5.75 Å². The molecule has 0 spiro atoms. The number of hydrogen-bond acceptors (Lipinski definition) is 3. The summed E-state index contributed by atoms with van der Waals surface area (Å²) in [6.07, 6.45) is -5.11. The molecule has 1 amide bonds. The maximum atomic E-state index is 12.7. The minimum absolute atomic E-state index is 0.0890. The van der Waals surface area contributed by atoms with Gasteiger partial charge in [-0.25, -0.2) is 4.79 Å². The highest BCUT2D eigenvalue weighted by Crippen LogP contribution is 2.43. The van der Waals surface area contributed by atoms with Crippen LogP contribution in [0.4, 0.5) is 13.2 Å². The second-order valence-electron chi connectivity index (χ2n) is 4.30. The predicted octanol–water partition coefficient (Wildman–Crippen LogP) is 3.04. The van der Waals surface area contributed by atoms with Crippen molar-refractivity contribution < 1.29 is 27.9 Å². The number of alkyl halides is 3. The van der Waals surface area contributed by atoms with Crippen LogP contribution in [0.1, 0.15) is 10.9 Å². The first kappa shape index (κ1) is 16.2. The van der Waals surface area contributed by atoms with Crippen LogP contribution in [-0.2, 0) is 9.59 Å². The van der Waals surface area contributed by atoms with Gasteiger partial charge >= 0.3 is 18.1 Å². The van der Waals surface area contributed by atoms with Gasteiger partial charge in [0, 0.05) is 10.2 Å². The van der Waals surface area contributed by atoms with Gasteiger partial charge in [-0.3, -0.25) is 4.79 Å². The molecule has 0 aliphatic carbocycles. The molecule has 1 N–H and O–H groups in total. The summed E-state index contributed by atoms with van der Waals surface area (Å²) in [5.41, 5.74) is 0.440. The maximum absolute atomic E-state index is 12.7. The molecule has 2 rings (SSSR count). The number of carboxylic acid groups (broad SMARTS) is 1. The molecule has 1 saturated heterocycles. The number of carboxylic acids is 1. The number of amides is 1. The summed E-state index contributed by atoms with van der Waals surface area (Å²) in [6, 6.07) is 4.94. The zero-order chi connectivity index (χ0) is 15.8. The number of benzene rings is 1. The van der Waals surface area contributed by atoms with E-state index in [1.54, 1.807) is 24.3 Å². The van der Waals surface area contributed by atoms with E-state index in [1.165, 1.54) is 0 Å². The van der Waals surface area contributed by atoms with Gasteiger partial charge in [0.15, 0.2) is 0 Å². The van der Waals surface area contributed by atoms with Gasteiger partial charge in [-0.2, -0.15) is 13.2 Å². The van der Waals surface area contributed by atoms with E-state index in [0.29, 0.717) is 14.9 Å². The second-order valence-corrected chi connectivity index (χ2v) is 6.33. The molecule has 1 aromatic carbocycles. The van der Waals surface area contributed by atoms with E-state index in [0.717, 1.165) is 11.8 Å². The van der Waals surface area contributed by atoms with Gasteiger partial charge in [-0.05, 0) is 17.7 Å². The molecular formula is C12H9BrF3NO3S. The largest absolute Gasteiger partial charge is 0.480 e.